The van der Waals surface area contributed by atoms with Gasteiger partial charge in [0.15, 0.2) is 42.9 Å². The van der Waals surface area contributed by atoms with Gasteiger partial charge < -0.3 is 43.2 Å². The van der Waals surface area contributed by atoms with Gasteiger partial charge in [-0.15, -0.1) is 0 Å². The van der Waals surface area contributed by atoms with E-state index in [0.29, 0.717) is 0 Å². The van der Waals surface area contributed by atoms with Crippen molar-refractivity contribution in [2.45, 2.75) is 111 Å². The maximum Gasteiger partial charge on any atom is 0.407 e. The zero-order valence-electron chi connectivity index (χ0n) is 32.9. The third-order valence-corrected chi connectivity index (χ3v) is 7.81. The van der Waals surface area contributed by atoms with Crippen LogP contribution in [0.1, 0.15) is 77.7 Å². The summed E-state index contributed by atoms with van der Waals surface area (Å²) in [5, 5.41) is 2.41. The van der Waals surface area contributed by atoms with E-state index in [1.54, 1.807) is 32.9 Å². The Bertz CT molecular complexity index is 1710. The average molecular weight is 867 g/mol. The van der Waals surface area contributed by atoms with E-state index in [0.717, 1.165) is 30.8 Å². The zero-order valence-corrected chi connectivity index (χ0v) is 34.5. The van der Waals surface area contributed by atoms with E-state index in [1.807, 2.05) is 30.3 Å². The molecule has 0 unspecified atom stereocenters. The summed E-state index contributed by atoms with van der Waals surface area (Å²) in [6, 6.07) is 15.3. The molecule has 1 amide bonds. The fourth-order valence-electron chi connectivity index (χ4n) is 4.17. The number of Topliss-reactive ketones (excluding diaryl/α,β-unsaturated/α-hetero) is 1. The molecule has 0 saturated carbocycles. The molecule has 0 radical (unpaired) electrons. The summed E-state index contributed by atoms with van der Waals surface area (Å²) in [6.45, 7) is 10.2. The molecule has 1 N–H and O–H groups in total. The number of benzene rings is 2. The first-order valence-corrected chi connectivity index (χ1v) is 18.6. The van der Waals surface area contributed by atoms with Crippen LogP contribution in [0.2, 0.25) is 0 Å². The molecule has 0 aliphatic rings. The molecule has 0 spiro atoms. The molecule has 0 fully saturated rings. The van der Waals surface area contributed by atoms with E-state index in [-0.39, 0.29) is 25.1 Å². The molecule has 0 heterocycles. The third-order valence-electron chi connectivity index (χ3n) is 7.28. The molecule has 0 aromatic heterocycles. The summed E-state index contributed by atoms with van der Waals surface area (Å²) in [7, 11) is 0. The molecule has 17 nitrogen and oxygen atoms in total. The third kappa shape index (κ3) is 18.0. The van der Waals surface area contributed by atoms with Gasteiger partial charge in [0, 0.05) is 23.0 Å². The second kappa shape index (κ2) is 23.0. The molecule has 0 saturated heterocycles. The molecule has 2 aromatic carbocycles. The number of carbonyl (C=O) groups is 8. The Morgan fingerprint density at radius 2 is 1.07 bits per heavy atom. The van der Waals surface area contributed by atoms with E-state index in [9.17, 15) is 38.4 Å². The van der Waals surface area contributed by atoms with Crippen LogP contribution in [0.4, 0.5) is 4.79 Å². The Kier molecular flexibility index (Phi) is 19.3. The SMILES string of the molecule is C[C@H](OCc1ccccc1)C(=O)O[C@@H](C)C(=O)O[C@@H](C)C(=O)O[C@@H](C)C(=O)O[C@@H](C)C(=O)O[C@@H](CCNC(=O)OC(C)(C)C)C(=O)OCC(=O)c1ccc(Br)cc1. The fraction of sp³-hybridized carbons (Fsp3) is 0.487. The van der Waals surface area contributed by atoms with E-state index in [4.69, 9.17) is 37.9 Å². The van der Waals surface area contributed by atoms with Crippen molar-refractivity contribution < 1.29 is 76.3 Å². The van der Waals surface area contributed by atoms with Gasteiger partial charge in [-0.05, 0) is 73.1 Å². The van der Waals surface area contributed by atoms with Crippen molar-refractivity contribution in [1.29, 1.82) is 0 Å². The van der Waals surface area contributed by atoms with Crippen LogP contribution in [-0.2, 0) is 73.3 Å². The topological polar surface area (TPSA) is 222 Å². The minimum Gasteiger partial charge on any atom is -0.455 e. The number of ketones is 1. The van der Waals surface area contributed by atoms with Gasteiger partial charge in [-0.25, -0.2) is 33.6 Å². The monoisotopic (exact) mass is 865 g/mol. The van der Waals surface area contributed by atoms with Crippen LogP contribution in [-0.4, -0.2) is 103 Å². The molecule has 57 heavy (non-hydrogen) atoms. The zero-order chi connectivity index (χ0) is 42.9. The summed E-state index contributed by atoms with van der Waals surface area (Å²) in [4.78, 5) is 101. The Morgan fingerprint density at radius 1 is 0.614 bits per heavy atom. The lowest BCUT2D eigenvalue weighted by molar-refractivity contribution is -0.187. The van der Waals surface area contributed by atoms with Crippen LogP contribution in [0, 0.1) is 0 Å². The first-order valence-electron chi connectivity index (χ1n) is 17.8. The standard InChI is InChI=1S/C39H48BrNO16/c1-22(50-20-27-12-10-9-11-13-27)32(43)52-23(2)33(44)53-24(3)34(45)54-25(4)35(46)55-26(5)36(47)56-31(18-19-41-38(49)57-39(6,7)8)37(48)51-21-30(42)28-14-16-29(40)17-15-28/h9-17,22-26,31H,18-21H2,1-8H3,(H,41,49)/t22-,23-,24-,25-,26-,31-/m0/s1. The van der Waals surface area contributed by atoms with Crippen LogP contribution in [0.3, 0.4) is 0 Å². The number of amides is 1. The molecule has 6 atom stereocenters. The highest BCUT2D eigenvalue weighted by molar-refractivity contribution is 9.10. The van der Waals surface area contributed by atoms with Crippen molar-refractivity contribution in [2.75, 3.05) is 13.2 Å². The Labute approximate surface area is 338 Å². The number of hydrogen-bond acceptors (Lipinski definition) is 16. The molecule has 18 heteroatoms. The lowest BCUT2D eigenvalue weighted by Crippen LogP contribution is -2.40. The Morgan fingerprint density at radius 3 is 1.54 bits per heavy atom. The number of halogens is 1. The molecule has 0 bridgehead atoms. The van der Waals surface area contributed by atoms with E-state index in [1.165, 1.54) is 26.0 Å². The van der Waals surface area contributed by atoms with Gasteiger partial charge in [0.25, 0.3) is 0 Å². The first kappa shape index (κ1) is 47.8. The highest BCUT2D eigenvalue weighted by atomic mass is 79.9. The van der Waals surface area contributed by atoms with Crippen LogP contribution in [0.15, 0.2) is 59.1 Å². The normalized spacial score (nSPS) is 14.2. The smallest absolute Gasteiger partial charge is 0.407 e. The molecular weight excluding hydrogens is 818 g/mol. The predicted octanol–water partition coefficient (Wildman–Crippen LogP) is 4.33. The van der Waals surface area contributed by atoms with Gasteiger partial charge in [-0.1, -0.05) is 58.4 Å². The average Bonchev–Trinajstić information content (AvgIpc) is 3.14. The number of nitrogens with one attached hydrogen (secondary N) is 1. The predicted molar refractivity (Wildman–Crippen MR) is 201 cm³/mol. The van der Waals surface area contributed by atoms with Gasteiger partial charge in [0.1, 0.15) is 5.60 Å². The van der Waals surface area contributed by atoms with Gasteiger partial charge in [0.05, 0.1) is 6.61 Å². The van der Waals surface area contributed by atoms with Crippen molar-refractivity contribution in [3.63, 3.8) is 0 Å². The minimum atomic E-state index is -1.66. The van der Waals surface area contributed by atoms with E-state index >= 15 is 0 Å². The first-order chi connectivity index (χ1) is 26.7. The quantitative estimate of drug-likeness (QED) is 0.111. The molecular formula is C39H48BrNO16. The van der Waals surface area contributed by atoms with Crippen molar-refractivity contribution in [1.82, 2.24) is 5.32 Å². The summed E-state index contributed by atoms with van der Waals surface area (Å²) in [6.07, 6.45) is -10.1. The maximum atomic E-state index is 13.0. The lowest BCUT2D eigenvalue weighted by Gasteiger charge is -2.22. The highest BCUT2D eigenvalue weighted by Crippen LogP contribution is 2.14. The maximum absolute atomic E-state index is 13.0. The number of carbonyl (C=O) groups excluding carboxylic acids is 8. The number of esters is 6. The van der Waals surface area contributed by atoms with Crippen molar-refractivity contribution in [3.8, 4) is 0 Å². The number of hydrogen-bond donors (Lipinski definition) is 1. The van der Waals surface area contributed by atoms with Gasteiger partial charge in [-0.2, -0.15) is 0 Å². The fourth-order valence-corrected chi connectivity index (χ4v) is 4.43. The van der Waals surface area contributed by atoms with Gasteiger partial charge in [0.2, 0.25) is 6.10 Å². The minimum absolute atomic E-state index is 0.126. The summed E-state index contributed by atoms with van der Waals surface area (Å²) >= 11 is 3.26. The highest BCUT2D eigenvalue weighted by Gasteiger charge is 2.33. The Balaban J connectivity index is 1.91. The van der Waals surface area contributed by atoms with Crippen LogP contribution in [0.5, 0.6) is 0 Å². The van der Waals surface area contributed by atoms with Crippen molar-refractivity contribution in [3.05, 3.63) is 70.2 Å². The van der Waals surface area contributed by atoms with Crippen molar-refractivity contribution in [2.24, 2.45) is 0 Å². The lowest BCUT2D eigenvalue weighted by atomic mass is 10.1. The summed E-state index contributed by atoms with van der Waals surface area (Å²) < 4.78 is 41.9. The molecule has 0 aliphatic carbocycles. The second-order valence-corrected chi connectivity index (χ2v) is 14.4. The summed E-state index contributed by atoms with van der Waals surface area (Å²) in [5.41, 5.74) is 0.253. The van der Waals surface area contributed by atoms with Crippen LogP contribution >= 0.6 is 15.9 Å². The van der Waals surface area contributed by atoms with Gasteiger partial charge in [-0.3, -0.25) is 4.79 Å². The second-order valence-electron chi connectivity index (χ2n) is 13.4. The molecule has 312 valence electrons. The number of alkyl carbamates (subject to hydrolysis) is 1. The van der Waals surface area contributed by atoms with Crippen LogP contribution in [0.25, 0.3) is 0 Å². The largest absolute Gasteiger partial charge is 0.455 e. The van der Waals surface area contributed by atoms with Crippen molar-refractivity contribution >= 4 is 63.6 Å². The summed E-state index contributed by atoms with van der Waals surface area (Å²) in [5.74, 6) is -7.19. The van der Waals surface area contributed by atoms with E-state index < -0.39 is 96.5 Å². The number of ether oxygens (including phenoxy) is 8. The van der Waals surface area contributed by atoms with E-state index in [2.05, 4.69) is 21.2 Å². The number of rotatable bonds is 20. The Hall–Kier alpha value is -5.36. The molecule has 2 rings (SSSR count). The molecule has 0 aliphatic heterocycles. The molecule has 2 aromatic rings. The van der Waals surface area contributed by atoms with Crippen LogP contribution < -0.4 is 5.32 Å². The van der Waals surface area contributed by atoms with Gasteiger partial charge >= 0.3 is 41.9 Å².